The van der Waals surface area contributed by atoms with Gasteiger partial charge in [-0.2, -0.15) is 0 Å². The number of likely N-dealkylation sites (N-methyl/N-ethyl adjacent to an activating group) is 1. The first-order chi connectivity index (χ1) is 9.45. The summed E-state index contributed by atoms with van der Waals surface area (Å²) < 4.78 is 5.80. The van der Waals surface area contributed by atoms with Crippen LogP contribution in [0.4, 0.5) is 0 Å². The van der Waals surface area contributed by atoms with Crippen LogP contribution < -0.4 is 5.32 Å². The highest BCUT2D eigenvalue weighted by Crippen LogP contribution is 2.39. The van der Waals surface area contributed by atoms with Gasteiger partial charge in [0.15, 0.2) is 0 Å². The first-order valence-electron chi connectivity index (χ1n) is 8.46. The van der Waals surface area contributed by atoms with E-state index in [1.165, 1.54) is 32.2 Å². The molecular weight excluding hydrogens is 248 g/mol. The van der Waals surface area contributed by atoms with Gasteiger partial charge in [-0.1, -0.05) is 20.8 Å². The van der Waals surface area contributed by atoms with E-state index in [9.17, 15) is 0 Å². The van der Waals surface area contributed by atoms with E-state index in [4.69, 9.17) is 4.74 Å². The third kappa shape index (κ3) is 5.01. The number of hydrogen-bond acceptors (Lipinski definition) is 3. The number of morpholine rings is 1. The zero-order valence-electron chi connectivity index (χ0n) is 14.0. The predicted molar refractivity (Wildman–Crippen MR) is 85.0 cm³/mol. The molecule has 1 N–H and O–H groups in total. The molecule has 0 aromatic rings. The van der Waals surface area contributed by atoms with Crippen LogP contribution >= 0.6 is 0 Å². The maximum absolute atomic E-state index is 5.80. The smallest absolute Gasteiger partial charge is 0.0826 e. The summed E-state index contributed by atoms with van der Waals surface area (Å²) in [6.07, 6.45) is 6.03. The van der Waals surface area contributed by atoms with Crippen molar-refractivity contribution in [1.29, 1.82) is 0 Å². The number of nitrogens with zero attached hydrogens (tertiary/aromatic N) is 1. The summed E-state index contributed by atoms with van der Waals surface area (Å²) in [5.74, 6) is 1.81. The van der Waals surface area contributed by atoms with Crippen molar-refractivity contribution in [3.05, 3.63) is 0 Å². The van der Waals surface area contributed by atoms with Gasteiger partial charge in [-0.05, 0) is 56.5 Å². The highest BCUT2D eigenvalue weighted by Gasteiger charge is 2.29. The standard InChI is InChI=1S/C17H34N2O/c1-17(2,3)15-7-5-14(6-8-15)11-18-12-16-13-19(4)9-10-20-16/h14-16,18H,5-13H2,1-4H3. The summed E-state index contributed by atoms with van der Waals surface area (Å²) in [4.78, 5) is 2.37. The van der Waals surface area contributed by atoms with Crippen molar-refractivity contribution in [3.8, 4) is 0 Å². The number of hydrogen-bond donors (Lipinski definition) is 1. The van der Waals surface area contributed by atoms with Crippen LogP contribution in [0.2, 0.25) is 0 Å². The minimum atomic E-state index is 0.389. The maximum atomic E-state index is 5.80. The molecule has 1 saturated carbocycles. The van der Waals surface area contributed by atoms with Crippen LogP contribution in [0.25, 0.3) is 0 Å². The molecule has 1 unspecified atom stereocenters. The number of nitrogens with one attached hydrogen (secondary N) is 1. The van der Waals surface area contributed by atoms with Gasteiger partial charge in [0.2, 0.25) is 0 Å². The summed E-state index contributed by atoms with van der Waals surface area (Å²) >= 11 is 0. The third-order valence-electron chi connectivity index (χ3n) is 5.22. The molecule has 3 nitrogen and oxygen atoms in total. The normalized spacial score (nSPS) is 33.3. The van der Waals surface area contributed by atoms with Crippen LogP contribution in [-0.4, -0.2) is 50.8 Å². The zero-order chi connectivity index (χ0) is 14.6. The van der Waals surface area contributed by atoms with Gasteiger partial charge in [0.25, 0.3) is 0 Å². The Morgan fingerprint density at radius 3 is 2.40 bits per heavy atom. The molecule has 0 bridgehead atoms. The van der Waals surface area contributed by atoms with Crippen molar-refractivity contribution >= 4 is 0 Å². The van der Waals surface area contributed by atoms with Crippen LogP contribution in [0.15, 0.2) is 0 Å². The molecule has 1 saturated heterocycles. The molecule has 3 heteroatoms. The van der Waals surface area contributed by atoms with Gasteiger partial charge in [-0.3, -0.25) is 0 Å². The lowest BCUT2D eigenvalue weighted by atomic mass is 9.70. The first kappa shape index (κ1) is 16.3. The topological polar surface area (TPSA) is 24.5 Å². The first-order valence-corrected chi connectivity index (χ1v) is 8.46. The molecule has 0 aromatic carbocycles. The molecule has 1 heterocycles. The number of rotatable bonds is 4. The molecule has 118 valence electrons. The Hall–Kier alpha value is -0.120. The maximum Gasteiger partial charge on any atom is 0.0826 e. The van der Waals surface area contributed by atoms with Crippen molar-refractivity contribution < 1.29 is 4.74 Å². The minimum absolute atomic E-state index is 0.389. The monoisotopic (exact) mass is 282 g/mol. The number of ether oxygens (including phenoxy) is 1. The van der Waals surface area contributed by atoms with E-state index >= 15 is 0 Å². The van der Waals surface area contributed by atoms with E-state index in [0.29, 0.717) is 11.5 Å². The van der Waals surface area contributed by atoms with E-state index in [1.807, 2.05) is 0 Å². The van der Waals surface area contributed by atoms with Crippen LogP contribution in [0.5, 0.6) is 0 Å². The lowest BCUT2D eigenvalue weighted by molar-refractivity contribution is -0.0186. The summed E-state index contributed by atoms with van der Waals surface area (Å²) in [6, 6.07) is 0. The fourth-order valence-electron chi connectivity index (χ4n) is 3.67. The molecule has 2 rings (SSSR count). The molecule has 1 aliphatic carbocycles. The van der Waals surface area contributed by atoms with E-state index < -0.39 is 0 Å². The summed E-state index contributed by atoms with van der Waals surface area (Å²) in [5.41, 5.74) is 0.499. The van der Waals surface area contributed by atoms with Gasteiger partial charge >= 0.3 is 0 Å². The van der Waals surface area contributed by atoms with Crippen molar-refractivity contribution in [3.63, 3.8) is 0 Å². The summed E-state index contributed by atoms with van der Waals surface area (Å²) in [6.45, 7) is 12.4. The van der Waals surface area contributed by atoms with E-state index in [2.05, 4.69) is 38.0 Å². The average Bonchev–Trinajstić information content (AvgIpc) is 2.38. The second kappa shape index (κ2) is 7.24. The lowest BCUT2D eigenvalue weighted by Crippen LogP contribution is -2.45. The summed E-state index contributed by atoms with van der Waals surface area (Å²) in [5, 5.41) is 3.65. The van der Waals surface area contributed by atoms with Gasteiger partial charge in [0, 0.05) is 19.6 Å². The van der Waals surface area contributed by atoms with Gasteiger partial charge in [-0.25, -0.2) is 0 Å². The minimum Gasteiger partial charge on any atom is -0.374 e. The molecular formula is C17H34N2O. The molecule has 0 aromatic heterocycles. The highest BCUT2D eigenvalue weighted by molar-refractivity contribution is 4.81. The van der Waals surface area contributed by atoms with Crippen LogP contribution in [0.1, 0.15) is 46.5 Å². The Bertz CT molecular complexity index is 279. The van der Waals surface area contributed by atoms with Gasteiger partial charge in [0.05, 0.1) is 12.7 Å². The Balaban J connectivity index is 1.59. The van der Waals surface area contributed by atoms with Crippen molar-refractivity contribution in [2.24, 2.45) is 17.3 Å². The van der Waals surface area contributed by atoms with Crippen LogP contribution in [0.3, 0.4) is 0 Å². The van der Waals surface area contributed by atoms with Crippen molar-refractivity contribution in [2.75, 3.05) is 39.8 Å². The second-order valence-corrected chi connectivity index (χ2v) is 8.00. The Labute approximate surface area is 125 Å². The summed E-state index contributed by atoms with van der Waals surface area (Å²) in [7, 11) is 2.18. The Kier molecular flexibility index (Phi) is 5.88. The van der Waals surface area contributed by atoms with E-state index in [-0.39, 0.29) is 0 Å². The second-order valence-electron chi connectivity index (χ2n) is 8.00. The predicted octanol–water partition coefficient (Wildman–Crippen LogP) is 2.76. The fourth-order valence-corrected chi connectivity index (χ4v) is 3.67. The molecule has 0 amide bonds. The largest absolute Gasteiger partial charge is 0.374 e. The van der Waals surface area contributed by atoms with Crippen molar-refractivity contribution in [1.82, 2.24) is 10.2 Å². The zero-order valence-corrected chi connectivity index (χ0v) is 14.0. The average molecular weight is 282 g/mol. The lowest BCUT2D eigenvalue weighted by Gasteiger charge is -2.37. The molecule has 0 spiro atoms. The molecule has 2 fully saturated rings. The quantitative estimate of drug-likeness (QED) is 0.858. The van der Waals surface area contributed by atoms with Gasteiger partial charge in [0.1, 0.15) is 0 Å². The molecule has 1 aliphatic heterocycles. The van der Waals surface area contributed by atoms with Crippen molar-refractivity contribution in [2.45, 2.75) is 52.6 Å². The van der Waals surface area contributed by atoms with E-state index in [0.717, 1.165) is 38.1 Å². The van der Waals surface area contributed by atoms with Gasteiger partial charge in [-0.15, -0.1) is 0 Å². The molecule has 0 radical (unpaired) electrons. The van der Waals surface area contributed by atoms with Crippen LogP contribution in [-0.2, 0) is 4.74 Å². The molecule has 20 heavy (non-hydrogen) atoms. The third-order valence-corrected chi connectivity index (χ3v) is 5.22. The van der Waals surface area contributed by atoms with E-state index in [1.54, 1.807) is 0 Å². The van der Waals surface area contributed by atoms with Crippen LogP contribution in [0, 0.1) is 17.3 Å². The fraction of sp³-hybridized carbons (Fsp3) is 1.00. The molecule has 1 atom stereocenters. The molecule has 2 aliphatic rings. The Morgan fingerprint density at radius 1 is 1.10 bits per heavy atom. The Morgan fingerprint density at radius 2 is 1.80 bits per heavy atom. The van der Waals surface area contributed by atoms with Gasteiger partial charge < -0.3 is 15.0 Å². The highest BCUT2D eigenvalue weighted by atomic mass is 16.5. The SMILES string of the molecule is CN1CCOC(CNCC2CCC(C(C)(C)C)CC2)C1.